The monoisotopic (exact) mass is 287 g/mol. The van der Waals surface area contributed by atoms with Crippen molar-refractivity contribution >= 4 is 11.6 Å². The van der Waals surface area contributed by atoms with Crippen LogP contribution < -0.4 is 10.1 Å². The van der Waals surface area contributed by atoms with Gasteiger partial charge in [0, 0.05) is 12.4 Å². The third-order valence-electron chi connectivity index (χ3n) is 2.98. The topological polar surface area (TPSA) is 64.3 Å². The number of hydrogen-bond donors (Lipinski definition) is 1. The van der Waals surface area contributed by atoms with Gasteiger partial charge in [-0.15, -0.1) is 0 Å². The van der Waals surface area contributed by atoms with E-state index in [0.29, 0.717) is 12.5 Å². The predicted molar refractivity (Wildman–Crippen MR) is 75.8 cm³/mol. The Labute approximate surface area is 120 Å². The van der Waals surface area contributed by atoms with Crippen LogP contribution in [0.4, 0.5) is 10.3 Å². The van der Waals surface area contributed by atoms with Gasteiger partial charge < -0.3 is 14.5 Å². The molecule has 3 rings (SSSR count). The second kappa shape index (κ2) is 5.35. The smallest absolute Gasteiger partial charge is 0.255 e. The molecule has 21 heavy (non-hydrogen) atoms. The van der Waals surface area contributed by atoms with Gasteiger partial charge in [0.25, 0.3) is 5.88 Å². The summed E-state index contributed by atoms with van der Waals surface area (Å²) in [7, 11) is 1.36. The lowest BCUT2D eigenvalue weighted by molar-refractivity contribution is 0.367. The number of fused-ring (bicyclic) bond motifs is 1. The number of halogens is 1. The number of ether oxygens (including phenoxy) is 1. The summed E-state index contributed by atoms with van der Waals surface area (Å²) < 4.78 is 20.0. The second-order valence-electron chi connectivity index (χ2n) is 4.61. The summed E-state index contributed by atoms with van der Waals surface area (Å²) in [5.41, 5.74) is 2.87. The number of rotatable bonds is 4. The Morgan fingerprint density at radius 2 is 2.14 bits per heavy atom. The highest BCUT2D eigenvalue weighted by atomic mass is 19.1. The van der Waals surface area contributed by atoms with E-state index in [2.05, 4.69) is 20.3 Å². The van der Waals surface area contributed by atoms with Crippen LogP contribution in [-0.4, -0.2) is 26.5 Å². The molecule has 7 heteroatoms. The highest BCUT2D eigenvalue weighted by Gasteiger charge is 2.07. The van der Waals surface area contributed by atoms with E-state index in [1.807, 2.05) is 35.9 Å². The van der Waals surface area contributed by atoms with Gasteiger partial charge in [-0.05, 0) is 18.6 Å². The molecule has 3 aromatic rings. The molecule has 0 aliphatic rings. The molecule has 0 bridgehead atoms. The van der Waals surface area contributed by atoms with Crippen molar-refractivity contribution in [3.05, 3.63) is 47.8 Å². The first-order valence-corrected chi connectivity index (χ1v) is 6.40. The summed E-state index contributed by atoms with van der Waals surface area (Å²) in [5.74, 6) is -0.383. The highest BCUT2D eigenvalue weighted by molar-refractivity contribution is 5.42. The molecule has 1 N–H and O–H groups in total. The van der Waals surface area contributed by atoms with E-state index in [0.717, 1.165) is 23.1 Å². The molecule has 0 spiro atoms. The lowest BCUT2D eigenvalue weighted by atomic mass is 10.3. The molecule has 6 nitrogen and oxygen atoms in total. The van der Waals surface area contributed by atoms with Gasteiger partial charge in [0.05, 0.1) is 25.5 Å². The Morgan fingerprint density at radius 3 is 2.95 bits per heavy atom. The summed E-state index contributed by atoms with van der Waals surface area (Å²) in [6, 6.07) is 3.96. The lowest BCUT2D eigenvalue weighted by Crippen LogP contribution is -2.05. The van der Waals surface area contributed by atoms with Crippen LogP contribution in [0.15, 0.2) is 30.7 Å². The average molecular weight is 287 g/mol. The fraction of sp³-hybridized carbons (Fsp3) is 0.214. The number of nitrogens with zero attached hydrogens (tertiary/aromatic N) is 4. The SMILES string of the molecule is COc1nc(NCc2cn3cc(C)ccc3n2)ncc1F. The standard InChI is InChI=1S/C14H14FN5O/c1-9-3-4-12-18-10(8-20(12)7-9)5-16-14-17-6-11(15)13(19-14)21-2/h3-4,6-8H,5H2,1-2H3,(H,16,17,19). The zero-order valence-electron chi connectivity index (χ0n) is 11.7. The van der Waals surface area contributed by atoms with Crippen molar-refractivity contribution in [3.8, 4) is 5.88 Å². The van der Waals surface area contributed by atoms with Crippen LogP contribution in [0.5, 0.6) is 5.88 Å². The largest absolute Gasteiger partial charge is 0.479 e. The fourth-order valence-electron chi connectivity index (χ4n) is 1.99. The number of pyridine rings is 1. The van der Waals surface area contributed by atoms with Crippen LogP contribution in [-0.2, 0) is 6.54 Å². The zero-order chi connectivity index (χ0) is 14.8. The highest BCUT2D eigenvalue weighted by Crippen LogP contribution is 2.14. The van der Waals surface area contributed by atoms with Crippen molar-refractivity contribution in [3.63, 3.8) is 0 Å². The van der Waals surface area contributed by atoms with Crippen LogP contribution in [0.2, 0.25) is 0 Å². The Bertz CT molecular complexity index is 786. The first-order valence-electron chi connectivity index (χ1n) is 6.40. The van der Waals surface area contributed by atoms with Crippen LogP contribution in [0.25, 0.3) is 5.65 Å². The quantitative estimate of drug-likeness (QED) is 0.797. The van der Waals surface area contributed by atoms with Crippen molar-refractivity contribution in [2.24, 2.45) is 0 Å². The number of hydrogen-bond acceptors (Lipinski definition) is 5. The number of imidazole rings is 1. The van der Waals surface area contributed by atoms with Gasteiger partial charge in [-0.25, -0.2) is 9.97 Å². The van der Waals surface area contributed by atoms with E-state index >= 15 is 0 Å². The minimum atomic E-state index is -0.591. The Balaban J connectivity index is 1.76. The molecular formula is C14H14FN5O. The van der Waals surface area contributed by atoms with Crippen molar-refractivity contribution in [1.29, 1.82) is 0 Å². The van der Waals surface area contributed by atoms with Gasteiger partial charge in [-0.1, -0.05) is 6.07 Å². The summed E-state index contributed by atoms with van der Waals surface area (Å²) in [6.45, 7) is 2.46. The van der Waals surface area contributed by atoms with Crippen LogP contribution in [0, 0.1) is 12.7 Å². The molecule has 0 radical (unpaired) electrons. The fourth-order valence-corrected chi connectivity index (χ4v) is 1.99. The minimum absolute atomic E-state index is 0.0851. The molecule has 3 heterocycles. The van der Waals surface area contributed by atoms with Crippen LogP contribution >= 0.6 is 0 Å². The zero-order valence-corrected chi connectivity index (χ0v) is 11.7. The Morgan fingerprint density at radius 1 is 1.29 bits per heavy atom. The van der Waals surface area contributed by atoms with Crippen molar-refractivity contribution in [2.45, 2.75) is 13.5 Å². The summed E-state index contributed by atoms with van der Waals surface area (Å²) in [5, 5.41) is 2.99. The van der Waals surface area contributed by atoms with E-state index in [4.69, 9.17) is 4.74 Å². The average Bonchev–Trinajstić information content (AvgIpc) is 2.88. The van der Waals surface area contributed by atoms with Crippen molar-refractivity contribution in [1.82, 2.24) is 19.4 Å². The molecule has 0 amide bonds. The number of nitrogens with one attached hydrogen (secondary N) is 1. The van der Waals surface area contributed by atoms with Gasteiger partial charge in [0.2, 0.25) is 11.8 Å². The first kappa shape index (κ1) is 13.3. The maximum atomic E-state index is 13.2. The van der Waals surface area contributed by atoms with Crippen molar-refractivity contribution < 1.29 is 9.13 Å². The molecule has 0 atom stereocenters. The van der Waals surface area contributed by atoms with Gasteiger partial charge >= 0.3 is 0 Å². The molecule has 0 aliphatic carbocycles. The summed E-state index contributed by atoms with van der Waals surface area (Å²) >= 11 is 0. The molecule has 0 saturated carbocycles. The summed E-state index contributed by atoms with van der Waals surface area (Å²) in [4.78, 5) is 12.2. The Kier molecular flexibility index (Phi) is 3.39. The maximum absolute atomic E-state index is 13.2. The number of aromatic nitrogens is 4. The van der Waals surface area contributed by atoms with E-state index in [-0.39, 0.29) is 5.88 Å². The third kappa shape index (κ3) is 2.76. The van der Waals surface area contributed by atoms with E-state index < -0.39 is 5.82 Å². The Hall–Kier alpha value is -2.70. The summed E-state index contributed by atoms with van der Waals surface area (Å²) in [6.07, 6.45) is 5.00. The van der Waals surface area contributed by atoms with Crippen LogP contribution in [0.3, 0.4) is 0 Å². The molecular weight excluding hydrogens is 273 g/mol. The maximum Gasteiger partial charge on any atom is 0.255 e. The van der Waals surface area contributed by atoms with Gasteiger partial charge in [-0.2, -0.15) is 9.37 Å². The molecule has 0 aliphatic heterocycles. The molecule has 0 aromatic carbocycles. The van der Waals surface area contributed by atoms with Gasteiger partial charge in [-0.3, -0.25) is 0 Å². The third-order valence-corrected chi connectivity index (χ3v) is 2.98. The van der Waals surface area contributed by atoms with Gasteiger partial charge in [0.15, 0.2) is 0 Å². The molecule has 108 valence electrons. The first-order chi connectivity index (χ1) is 10.2. The number of anilines is 1. The normalized spacial score (nSPS) is 10.8. The molecule has 0 unspecified atom stereocenters. The lowest BCUT2D eigenvalue weighted by Gasteiger charge is -2.04. The minimum Gasteiger partial charge on any atom is -0.479 e. The van der Waals surface area contributed by atoms with Crippen molar-refractivity contribution in [2.75, 3.05) is 12.4 Å². The van der Waals surface area contributed by atoms with E-state index in [9.17, 15) is 4.39 Å². The van der Waals surface area contributed by atoms with E-state index in [1.54, 1.807) is 0 Å². The van der Waals surface area contributed by atoms with Crippen LogP contribution in [0.1, 0.15) is 11.3 Å². The van der Waals surface area contributed by atoms with E-state index in [1.165, 1.54) is 7.11 Å². The molecule has 0 fully saturated rings. The molecule has 0 saturated heterocycles. The molecule has 3 aromatic heterocycles. The van der Waals surface area contributed by atoms with Gasteiger partial charge in [0.1, 0.15) is 5.65 Å². The number of methoxy groups -OCH3 is 1. The predicted octanol–water partition coefficient (Wildman–Crippen LogP) is 2.19. The number of aryl methyl sites for hydroxylation is 1. The second-order valence-corrected chi connectivity index (χ2v) is 4.61.